The molecule has 1 aromatic rings. The Balaban J connectivity index is 2.66. The van der Waals surface area contributed by atoms with Gasteiger partial charge in [0.05, 0.1) is 0 Å². The van der Waals surface area contributed by atoms with Crippen LogP contribution in [0.25, 0.3) is 0 Å². The predicted octanol–water partition coefficient (Wildman–Crippen LogP) is 3.09. The lowest BCUT2D eigenvalue weighted by molar-refractivity contribution is -0.138. The number of carboxylic acids is 1. The summed E-state index contributed by atoms with van der Waals surface area (Å²) in [6.45, 7) is 5.51. The summed E-state index contributed by atoms with van der Waals surface area (Å²) in [7, 11) is 0. The van der Waals surface area contributed by atoms with Crippen LogP contribution in [-0.4, -0.2) is 15.8 Å². The number of aryl methyl sites for hydroxylation is 1. The lowest BCUT2D eigenvalue weighted by Gasteiger charge is -2.18. The summed E-state index contributed by atoms with van der Waals surface area (Å²) in [5, 5.41) is 8.97. The fourth-order valence-corrected chi connectivity index (χ4v) is 2.06. The van der Waals surface area contributed by atoms with Gasteiger partial charge in [0.2, 0.25) is 0 Å². The zero-order valence-electron chi connectivity index (χ0n) is 9.28. The summed E-state index contributed by atoms with van der Waals surface area (Å²) in [6.07, 6.45) is 0. The Bertz CT molecular complexity index is 358. The number of thioether (sulfide) groups is 1. The number of carbonyl (C=O) groups is 1. The van der Waals surface area contributed by atoms with Crippen LogP contribution in [0.2, 0.25) is 0 Å². The first-order valence-electron chi connectivity index (χ1n) is 4.85. The molecule has 2 nitrogen and oxygen atoms in total. The van der Waals surface area contributed by atoms with Gasteiger partial charge in [-0.05, 0) is 31.9 Å². The van der Waals surface area contributed by atoms with Crippen molar-refractivity contribution in [2.45, 2.75) is 31.3 Å². The van der Waals surface area contributed by atoms with Gasteiger partial charge in [0, 0.05) is 5.75 Å². The van der Waals surface area contributed by atoms with Crippen molar-refractivity contribution in [1.29, 1.82) is 0 Å². The number of hydrogen-bond donors (Lipinski definition) is 1. The Labute approximate surface area is 94.7 Å². The molecule has 3 heteroatoms. The number of benzene rings is 1. The molecule has 0 radical (unpaired) electrons. The molecule has 0 aliphatic rings. The highest BCUT2D eigenvalue weighted by Crippen LogP contribution is 2.29. The average Bonchev–Trinajstić information content (AvgIpc) is 2.16. The number of rotatable bonds is 4. The first-order valence-corrected chi connectivity index (χ1v) is 5.84. The van der Waals surface area contributed by atoms with Crippen molar-refractivity contribution in [3.05, 3.63) is 35.4 Å². The van der Waals surface area contributed by atoms with Gasteiger partial charge in [0.15, 0.2) is 0 Å². The predicted molar refractivity (Wildman–Crippen MR) is 64.2 cm³/mol. The van der Waals surface area contributed by atoms with Crippen LogP contribution in [0.5, 0.6) is 0 Å². The molecule has 1 rings (SSSR count). The van der Waals surface area contributed by atoms with Crippen molar-refractivity contribution in [1.82, 2.24) is 0 Å². The van der Waals surface area contributed by atoms with Gasteiger partial charge >= 0.3 is 5.97 Å². The number of hydrogen-bond acceptors (Lipinski definition) is 2. The van der Waals surface area contributed by atoms with Crippen molar-refractivity contribution in [3.8, 4) is 0 Å². The Morgan fingerprint density at radius 2 is 2.00 bits per heavy atom. The summed E-state index contributed by atoms with van der Waals surface area (Å²) >= 11 is 1.45. The molecule has 0 fully saturated rings. The van der Waals surface area contributed by atoms with Gasteiger partial charge < -0.3 is 5.11 Å². The zero-order valence-corrected chi connectivity index (χ0v) is 10.1. The van der Waals surface area contributed by atoms with Gasteiger partial charge in [-0.15, -0.1) is 11.8 Å². The second-order valence-corrected chi connectivity index (χ2v) is 5.63. The maximum absolute atomic E-state index is 10.9. The smallest absolute Gasteiger partial charge is 0.319 e. The fraction of sp³-hybridized carbons (Fsp3) is 0.417. The van der Waals surface area contributed by atoms with Crippen LogP contribution in [0.15, 0.2) is 24.3 Å². The molecule has 15 heavy (non-hydrogen) atoms. The maximum atomic E-state index is 10.9. The highest BCUT2D eigenvalue weighted by molar-refractivity contribution is 8.00. The number of aliphatic carboxylic acids is 1. The standard InChI is InChI=1S/C12H16O2S/c1-9-6-4-5-7-10(9)8-15-12(2,3)11(13)14/h4-7H,8H2,1-3H3,(H,13,14). The monoisotopic (exact) mass is 224 g/mol. The molecule has 0 aliphatic heterocycles. The van der Waals surface area contributed by atoms with Gasteiger partial charge in [0.1, 0.15) is 4.75 Å². The van der Waals surface area contributed by atoms with Crippen molar-refractivity contribution in [3.63, 3.8) is 0 Å². The second kappa shape index (κ2) is 4.71. The molecule has 0 bridgehead atoms. The van der Waals surface area contributed by atoms with E-state index >= 15 is 0 Å². The summed E-state index contributed by atoms with van der Waals surface area (Å²) in [6, 6.07) is 8.06. The molecule has 82 valence electrons. The van der Waals surface area contributed by atoms with E-state index in [4.69, 9.17) is 5.11 Å². The molecule has 0 aliphatic carbocycles. The molecule has 0 heterocycles. The Morgan fingerprint density at radius 1 is 1.40 bits per heavy atom. The fourth-order valence-electron chi connectivity index (χ4n) is 1.09. The maximum Gasteiger partial charge on any atom is 0.319 e. The van der Waals surface area contributed by atoms with E-state index in [1.165, 1.54) is 22.9 Å². The molecule has 1 aromatic carbocycles. The van der Waals surface area contributed by atoms with E-state index in [-0.39, 0.29) is 0 Å². The van der Waals surface area contributed by atoms with Gasteiger partial charge in [-0.3, -0.25) is 4.79 Å². The first-order chi connectivity index (χ1) is 6.93. The third kappa shape index (κ3) is 3.27. The summed E-state index contributed by atoms with van der Waals surface area (Å²) in [5.41, 5.74) is 2.42. The molecule has 0 amide bonds. The second-order valence-electron chi connectivity index (χ2n) is 4.03. The van der Waals surface area contributed by atoms with Crippen LogP contribution in [0, 0.1) is 6.92 Å². The molecule has 1 N–H and O–H groups in total. The van der Waals surface area contributed by atoms with E-state index in [0.717, 1.165) is 5.75 Å². The van der Waals surface area contributed by atoms with Crippen LogP contribution in [0.4, 0.5) is 0 Å². The normalized spacial score (nSPS) is 11.4. The molecule has 0 unspecified atom stereocenters. The topological polar surface area (TPSA) is 37.3 Å². The first kappa shape index (κ1) is 12.1. The molecule has 0 saturated carbocycles. The molecule has 0 atom stereocenters. The number of carboxylic acid groups (broad SMARTS) is 1. The van der Waals surface area contributed by atoms with E-state index in [2.05, 4.69) is 0 Å². The quantitative estimate of drug-likeness (QED) is 0.854. The minimum absolute atomic E-state index is 0.720. The van der Waals surface area contributed by atoms with Crippen LogP contribution in [0.3, 0.4) is 0 Å². The van der Waals surface area contributed by atoms with E-state index in [1.807, 2.05) is 31.2 Å². The van der Waals surface area contributed by atoms with Gasteiger partial charge in [-0.25, -0.2) is 0 Å². The molecule has 0 saturated heterocycles. The Hall–Kier alpha value is -0.960. The zero-order chi connectivity index (χ0) is 11.5. The third-order valence-corrected chi connectivity index (χ3v) is 3.72. The summed E-state index contributed by atoms with van der Waals surface area (Å²) in [5.74, 6) is -0.0208. The van der Waals surface area contributed by atoms with Crippen LogP contribution in [-0.2, 0) is 10.5 Å². The average molecular weight is 224 g/mol. The minimum atomic E-state index is -0.763. The molecular weight excluding hydrogens is 208 g/mol. The van der Waals surface area contributed by atoms with Crippen molar-refractivity contribution in [2.75, 3.05) is 0 Å². The molecule has 0 aromatic heterocycles. The van der Waals surface area contributed by atoms with Crippen LogP contribution >= 0.6 is 11.8 Å². The third-order valence-electron chi connectivity index (χ3n) is 2.36. The SMILES string of the molecule is Cc1ccccc1CSC(C)(C)C(=O)O. The van der Waals surface area contributed by atoms with E-state index in [0.29, 0.717) is 0 Å². The summed E-state index contributed by atoms with van der Waals surface area (Å²) < 4.78 is -0.720. The summed E-state index contributed by atoms with van der Waals surface area (Å²) in [4.78, 5) is 10.9. The lowest BCUT2D eigenvalue weighted by atomic mass is 10.1. The van der Waals surface area contributed by atoms with Crippen LogP contribution in [0.1, 0.15) is 25.0 Å². The highest BCUT2D eigenvalue weighted by atomic mass is 32.2. The van der Waals surface area contributed by atoms with Crippen LogP contribution < -0.4 is 0 Å². The van der Waals surface area contributed by atoms with Gasteiger partial charge in [0.25, 0.3) is 0 Å². The molecule has 0 spiro atoms. The molecular formula is C12H16O2S. The minimum Gasteiger partial charge on any atom is -0.480 e. The van der Waals surface area contributed by atoms with E-state index < -0.39 is 10.7 Å². The Kier molecular flexibility index (Phi) is 3.80. The van der Waals surface area contributed by atoms with E-state index in [9.17, 15) is 4.79 Å². The van der Waals surface area contributed by atoms with Crippen molar-refractivity contribution in [2.24, 2.45) is 0 Å². The van der Waals surface area contributed by atoms with Gasteiger partial charge in [-0.2, -0.15) is 0 Å². The van der Waals surface area contributed by atoms with Crippen molar-refractivity contribution >= 4 is 17.7 Å². The lowest BCUT2D eigenvalue weighted by Crippen LogP contribution is -2.27. The highest BCUT2D eigenvalue weighted by Gasteiger charge is 2.27. The van der Waals surface area contributed by atoms with Gasteiger partial charge in [-0.1, -0.05) is 24.3 Å². The van der Waals surface area contributed by atoms with E-state index in [1.54, 1.807) is 13.8 Å². The van der Waals surface area contributed by atoms with Crippen molar-refractivity contribution < 1.29 is 9.90 Å². The Morgan fingerprint density at radius 3 is 2.53 bits per heavy atom. The largest absolute Gasteiger partial charge is 0.480 e.